The lowest BCUT2D eigenvalue weighted by atomic mass is 10.1. The predicted octanol–water partition coefficient (Wildman–Crippen LogP) is 1.51. The highest BCUT2D eigenvalue weighted by Crippen LogP contribution is 2.08. The highest BCUT2D eigenvalue weighted by atomic mass is 16.2. The zero-order valence-electron chi connectivity index (χ0n) is 12.7. The third-order valence-corrected chi connectivity index (χ3v) is 3.83. The number of hydrogen-bond acceptors (Lipinski definition) is 3. The van der Waals surface area contributed by atoms with E-state index >= 15 is 0 Å². The van der Waals surface area contributed by atoms with Gasteiger partial charge in [0, 0.05) is 13.5 Å². The van der Waals surface area contributed by atoms with Gasteiger partial charge in [-0.25, -0.2) is 4.79 Å². The lowest BCUT2D eigenvalue weighted by Crippen LogP contribution is -2.39. The first-order valence-electron chi connectivity index (χ1n) is 7.32. The molecule has 23 heavy (non-hydrogen) atoms. The lowest BCUT2D eigenvalue weighted by Gasteiger charge is -2.11. The average molecular weight is 308 g/mol. The standard InChI is InChI=1S/C18H16N2O3/c1-19-17(22)15-9-5-6-10-16(15)20(18(19)23)12-14(21)11-13-7-3-2-4-8-13/h2-10H,11-12H2,1H3. The van der Waals surface area contributed by atoms with Gasteiger partial charge in [0.25, 0.3) is 5.56 Å². The molecule has 0 atom stereocenters. The van der Waals surface area contributed by atoms with Crippen molar-refractivity contribution in [3.63, 3.8) is 0 Å². The molecule has 0 bridgehead atoms. The van der Waals surface area contributed by atoms with Crippen LogP contribution in [0.15, 0.2) is 64.2 Å². The van der Waals surface area contributed by atoms with Gasteiger partial charge in [0.2, 0.25) is 0 Å². The molecule has 5 heteroatoms. The first-order chi connectivity index (χ1) is 11.1. The number of benzene rings is 2. The van der Waals surface area contributed by atoms with Gasteiger partial charge in [0.1, 0.15) is 0 Å². The van der Waals surface area contributed by atoms with Crippen LogP contribution in [0.4, 0.5) is 0 Å². The minimum absolute atomic E-state index is 0.0532. The van der Waals surface area contributed by atoms with E-state index < -0.39 is 5.69 Å². The van der Waals surface area contributed by atoms with Crippen molar-refractivity contribution in [3.05, 3.63) is 81.0 Å². The number of carbonyl (C=O) groups excluding carboxylic acids is 1. The maximum Gasteiger partial charge on any atom is 0.331 e. The third-order valence-electron chi connectivity index (χ3n) is 3.83. The fourth-order valence-corrected chi connectivity index (χ4v) is 2.65. The van der Waals surface area contributed by atoms with E-state index in [9.17, 15) is 14.4 Å². The number of rotatable bonds is 4. The number of ketones is 1. The van der Waals surface area contributed by atoms with E-state index in [1.165, 1.54) is 11.6 Å². The maximum absolute atomic E-state index is 12.4. The van der Waals surface area contributed by atoms with E-state index in [4.69, 9.17) is 0 Å². The SMILES string of the molecule is Cn1c(=O)c2ccccc2n(CC(=O)Cc2ccccc2)c1=O. The molecule has 0 aliphatic carbocycles. The Balaban J connectivity index is 2.02. The number of Topliss-reactive ketones (excluding diaryl/α,β-unsaturated/α-hetero) is 1. The van der Waals surface area contributed by atoms with E-state index in [1.54, 1.807) is 24.3 Å². The van der Waals surface area contributed by atoms with Crippen LogP contribution in [0.1, 0.15) is 5.56 Å². The normalized spacial score (nSPS) is 10.8. The van der Waals surface area contributed by atoms with Crippen LogP contribution in [-0.2, 0) is 24.8 Å². The van der Waals surface area contributed by atoms with Gasteiger partial charge in [-0.1, -0.05) is 42.5 Å². The molecule has 0 amide bonds. The van der Waals surface area contributed by atoms with Crippen LogP contribution < -0.4 is 11.2 Å². The molecule has 0 radical (unpaired) electrons. The van der Waals surface area contributed by atoms with E-state index in [1.807, 2.05) is 30.3 Å². The molecule has 3 rings (SSSR count). The first kappa shape index (κ1) is 15.0. The molecule has 0 saturated carbocycles. The van der Waals surface area contributed by atoms with E-state index in [0.717, 1.165) is 10.1 Å². The van der Waals surface area contributed by atoms with Gasteiger partial charge < -0.3 is 0 Å². The summed E-state index contributed by atoms with van der Waals surface area (Å²) in [5.41, 5.74) is 0.564. The Kier molecular flexibility index (Phi) is 3.93. The molecule has 3 aromatic rings. The van der Waals surface area contributed by atoms with Crippen LogP contribution in [0, 0.1) is 0 Å². The number of aromatic nitrogens is 2. The second-order valence-corrected chi connectivity index (χ2v) is 5.45. The minimum atomic E-state index is -0.477. The third kappa shape index (κ3) is 2.85. The fourth-order valence-electron chi connectivity index (χ4n) is 2.65. The van der Waals surface area contributed by atoms with E-state index in [-0.39, 0.29) is 24.3 Å². The summed E-state index contributed by atoms with van der Waals surface area (Å²) in [6.45, 7) is -0.0532. The number of carbonyl (C=O) groups is 1. The van der Waals surface area contributed by atoms with Crippen molar-refractivity contribution in [1.82, 2.24) is 9.13 Å². The van der Waals surface area contributed by atoms with Gasteiger partial charge in [-0.2, -0.15) is 0 Å². The van der Waals surface area contributed by atoms with Gasteiger partial charge in [0.15, 0.2) is 5.78 Å². The first-order valence-corrected chi connectivity index (χ1v) is 7.32. The Bertz CT molecular complexity index is 985. The van der Waals surface area contributed by atoms with Crippen molar-refractivity contribution in [2.45, 2.75) is 13.0 Å². The maximum atomic E-state index is 12.4. The zero-order chi connectivity index (χ0) is 16.4. The molecule has 0 spiro atoms. The molecule has 116 valence electrons. The fraction of sp³-hybridized carbons (Fsp3) is 0.167. The summed E-state index contributed by atoms with van der Waals surface area (Å²) in [5, 5.41) is 0.433. The average Bonchev–Trinajstić information content (AvgIpc) is 2.57. The molecule has 0 unspecified atom stereocenters. The molecule has 0 aliphatic heterocycles. The lowest BCUT2D eigenvalue weighted by molar-refractivity contribution is -0.119. The quantitative estimate of drug-likeness (QED) is 0.734. The summed E-state index contributed by atoms with van der Waals surface area (Å²) in [6.07, 6.45) is 0.254. The van der Waals surface area contributed by atoms with Gasteiger partial charge in [0.05, 0.1) is 17.4 Å². The van der Waals surface area contributed by atoms with E-state index in [2.05, 4.69) is 0 Å². The molecule has 0 aliphatic rings. The van der Waals surface area contributed by atoms with Crippen molar-refractivity contribution in [2.75, 3.05) is 0 Å². The number of fused-ring (bicyclic) bond motifs is 1. The number of para-hydroxylation sites is 1. The van der Waals surface area contributed by atoms with Crippen LogP contribution in [0.5, 0.6) is 0 Å². The van der Waals surface area contributed by atoms with Crippen molar-refractivity contribution in [1.29, 1.82) is 0 Å². The molecule has 0 N–H and O–H groups in total. The number of nitrogens with zero attached hydrogens (tertiary/aromatic N) is 2. The van der Waals surface area contributed by atoms with Crippen molar-refractivity contribution >= 4 is 16.7 Å². The summed E-state index contributed by atoms with van der Waals surface area (Å²) >= 11 is 0. The highest BCUT2D eigenvalue weighted by Gasteiger charge is 2.13. The Morgan fingerprint density at radius 1 is 0.957 bits per heavy atom. The van der Waals surface area contributed by atoms with Crippen molar-refractivity contribution in [2.24, 2.45) is 7.05 Å². The van der Waals surface area contributed by atoms with Gasteiger partial charge >= 0.3 is 5.69 Å². The van der Waals surface area contributed by atoms with Crippen LogP contribution in [-0.4, -0.2) is 14.9 Å². The summed E-state index contributed by atoms with van der Waals surface area (Å²) in [7, 11) is 1.43. The Morgan fingerprint density at radius 3 is 2.35 bits per heavy atom. The van der Waals surface area contributed by atoms with Crippen LogP contribution in [0.3, 0.4) is 0 Å². The second kappa shape index (κ2) is 6.04. The molecule has 1 aromatic heterocycles. The van der Waals surface area contributed by atoms with Gasteiger partial charge in [-0.3, -0.25) is 18.7 Å². The Morgan fingerprint density at radius 2 is 1.61 bits per heavy atom. The van der Waals surface area contributed by atoms with E-state index in [0.29, 0.717) is 10.9 Å². The molecule has 0 saturated heterocycles. The van der Waals surface area contributed by atoms with Gasteiger partial charge in [-0.15, -0.1) is 0 Å². The number of hydrogen-bond donors (Lipinski definition) is 0. The summed E-state index contributed by atoms with van der Waals surface area (Å²) in [6, 6.07) is 16.2. The van der Waals surface area contributed by atoms with Crippen LogP contribution in [0.25, 0.3) is 10.9 Å². The summed E-state index contributed by atoms with van der Waals surface area (Å²) in [4.78, 5) is 36.8. The summed E-state index contributed by atoms with van der Waals surface area (Å²) < 4.78 is 2.40. The summed E-state index contributed by atoms with van der Waals surface area (Å²) in [5.74, 6) is -0.0814. The molecular formula is C18H16N2O3. The highest BCUT2D eigenvalue weighted by molar-refractivity contribution is 5.84. The Labute approximate surface area is 132 Å². The second-order valence-electron chi connectivity index (χ2n) is 5.45. The minimum Gasteiger partial charge on any atom is -0.297 e. The molecule has 0 fully saturated rings. The molecule has 1 heterocycles. The smallest absolute Gasteiger partial charge is 0.297 e. The Hall–Kier alpha value is -2.95. The van der Waals surface area contributed by atoms with Crippen LogP contribution in [0.2, 0.25) is 0 Å². The molecular weight excluding hydrogens is 292 g/mol. The largest absolute Gasteiger partial charge is 0.331 e. The van der Waals surface area contributed by atoms with Crippen molar-refractivity contribution in [3.8, 4) is 0 Å². The van der Waals surface area contributed by atoms with Gasteiger partial charge in [-0.05, 0) is 17.7 Å². The van der Waals surface area contributed by atoms with Crippen molar-refractivity contribution < 1.29 is 4.79 Å². The monoisotopic (exact) mass is 308 g/mol. The predicted molar refractivity (Wildman–Crippen MR) is 88.6 cm³/mol. The zero-order valence-corrected chi connectivity index (χ0v) is 12.7. The van der Waals surface area contributed by atoms with Crippen LogP contribution >= 0.6 is 0 Å². The molecule has 2 aromatic carbocycles. The molecule has 5 nitrogen and oxygen atoms in total. The topological polar surface area (TPSA) is 61.1 Å².